The van der Waals surface area contributed by atoms with Crippen molar-refractivity contribution in [1.82, 2.24) is 14.8 Å². The first kappa shape index (κ1) is 15.6. The Hall–Kier alpha value is -1.83. The van der Waals surface area contributed by atoms with Crippen molar-refractivity contribution in [2.45, 2.75) is 19.3 Å². The Kier molecular flexibility index (Phi) is 5.00. The summed E-state index contributed by atoms with van der Waals surface area (Å²) in [4.78, 5) is 39.6. The molecule has 7 nitrogen and oxygen atoms in total. The zero-order chi connectivity index (χ0) is 15.4. The molecular formula is C13H19N3O4S. The predicted octanol–water partition coefficient (Wildman–Crippen LogP) is 1.29. The van der Waals surface area contributed by atoms with Crippen LogP contribution >= 0.6 is 11.3 Å². The number of thiazole rings is 1. The van der Waals surface area contributed by atoms with Gasteiger partial charge in [-0.05, 0) is 25.2 Å². The Morgan fingerprint density at radius 3 is 2.67 bits per heavy atom. The lowest BCUT2D eigenvalue weighted by molar-refractivity contribution is 0.0782. The molecule has 1 aromatic rings. The number of rotatable bonds is 4. The molecule has 21 heavy (non-hydrogen) atoms. The van der Waals surface area contributed by atoms with Crippen molar-refractivity contribution >= 4 is 23.3 Å². The molecule has 0 radical (unpaired) electrons. The van der Waals surface area contributed by atoms with Crippen LogP contribution in [0.1, 0.15) is 28.9 Å². The highest BCUT2D eigenvalue weighted by Gasteiger charge is 2.23. The molecule has 1 aliphatic rings. The molecule has 0 saturated carbocycles. The molecule has 0 atom stereocenters. The van der Waals surface area contributed by atoms with Crippen LogP contribution < -0.4 is 4.87 Å². The number of carbonyl (C=O) groups is 2. The molecule has 1 saturated heterocycles. The molecule has 1 aromatic heterocycles. The van der Waals surface area contributed by atoms with Gasteiger partial charge in [0.15, 0.2) is 0 Å². The van der Waals surface area contributed by atoms with Gasteiger partial charge in [0.25, 0.3) is 5.91 Å². The van der Waals surface area contributed by atoms with Crippen molar-refractivity contribution in [1.29, 1.82) is 0 Å². The number of aromatic amines is 1. The Bertz CT molecular complexity index is 560. The Balaban J connectivity index is 1.77. The minimum Gasteiger partial charge on any atom is -0.465 e. The molecule has 2 amide bonds. The predicted molar refractivity (Wildman–Crippen MR) is 78.8 cm³/mol. The van der Waals surface area contributed by atoms with Gasteiger partial charge in [-0.2, -0.15) is 0 Å². The van der Waals surface area contributed by atoms with E-state index < -0.39 is 6.09 Å². The van der Waals surface area contributed by atoms with E-state index in [1.54, 1.807) is 11.9 Å². The smallest absolute Gasteiger partial charge is 0.407 e. The fourth-order valence-corrected chi connectivity index (χ4v) is 3.15. The van der Waals surface area contributed by atoms with Crippen LogP contribution in [0.3, 0.4) is 0 Å². The standard InChI is InChI=1S/C13H19N3O4S/c1-15(11(17)10-8-14-12(18)21-10)5-2-9-3-6-16(7-4-9)13(19)20/h8-9H,2-7H2,1H3,(H,14,18)(H,19,20). The van der Waals surface area contributed by atoms with Gasteiger partial charge in [-0.3, -0.25) is 9.59 Å². The number of H-pyrrole nitrogens is 1. The lowest BCUT2D eigenvalue weighted by atomic mass is 9.93. The van der Waals surface area contributed by atoms with E-state index in [1.165, 1.54) is 11.1 Å². The van der Waals surface area contributed by atoms with E-state index in [1.807, 2.05) is 0 Å². The van der Waals surface area contributed by atoms with Crippen LogP contribution in [0.25, 0.3) is 0 Å². The summed E-state index contributed by atoms with van der Waals surface area (Å²) in [5.74, 6) is 0.294. The minimum absolute atomic E-state index is 0.152. The molecule has 0 spiro atoms. The minimum atomic E-state index is -0.858. The average molecular weight is 313 g/mol. The summed E-state index contributed by atoms with van der Waals surface area (Å²) in [7, 11) is 1.72. The van der Waals surface area contributed by atoms with Crippen LogP contribution in [0.5, 0.6) is 0 Å². The highest BCUT2D eigenvalue weighted by molar-refractivity contribution is 7.11. The third kappa shape index (κ3) is 4.07. The lowest BCUT2D eigenvalue weighted by Gasteiger charge is -2.30. The SMILES string of the molecule is CN(CCC1CCN(C(=O)O)CC1)C(=O)c1c[nH]c(=O)s1. The van der Waals surface area contributed by atoms with Gasteiger partial charge in [0.2, 0.25) is 0 Å². The average Bonchev–Trinajstić information content (AvgIpc) is 2.91. The van der Waals surface area contributed by atoms with E-state index in [0.29, 0.717) is 30.4 Å². The first-order chi connectivity index (χ1) is 9.97. The van der Waals surface area contributed by atoms with Gasteiger partial charge in [-0.25, -0.2) is 4.79 Å². The second-order valence-electron chi connectivity index (χ2n) is 5.27. The Morgan fingerprint density at radius 2 is 2.14 bits per heavy atom. The summed E-state index contributed by atoms with van der Waals surface area (Å²) >= 11 is 0.915. The first-order valence-corrected chi connectivity index (χ1v) is 7.71. The van der Waals surface area contributed by atoms with E-state index in [4.69, 9.17) is 5.11 Å². The molecule has 2 rings (SSSR count). The van der Waals surface area contributed by atoms with E-state index in [-0.39, 0.29) is 10.8 Å². The number of hydrogen-bond acceptors (Lipinski definition) is 4. The molecule has 0 aliphatic carbocycles. The first-order valence-electron chi connectivity index (χ1n) is 6.89. The zero-order valence-corrected chi connectivity index (χ0v) is 12.7. The Morgan fingerprint density at radius 1 is 1.48 bits per heavy atom. The fourth-order valence-electron chi connectivity index (χ4n) is 2.47. The number of hydrogen-bond donors (Lipinski definition) is 2. The van der Waals surface area contributed by atoms with Crippen molar-refractivity contribution in [3.63, 3.8) is 0 Å². The normalized spacial score (nSPS) is 16.0. The highest BCUT2D eigenvalue weighted by Crippen LogP contribution is 2.21. The number of likely N-dealkylation sites (tertiary alicyclic amines) is 1. The monoisotopic (exact) mass is 313 g/mol. The molecule has 8 heteroatoms. The van der Waals surface area contributed by atoms with Crippen LogP contribution in [0.4, 0.5) is 4.79 Å². The van der Waals surface area contributed by atoms with E-state index in [9.17, 15) is 14.4 Å². The van der Waals surface area contributed by atoms with Crippen LogP contribution in [-0.4, -0.2) is 58.6 Å². The third-order valence-electron chi connectivity index (χ3n) is 3.84. The topological polar surface area (TPSA) is 93.7 Å². The summed E-state index contributed by atoms with van der Waals surface area (Å²) < 4.78 is 0. The number of aromatic nitrogens is 1. The van der Waals surface area contributed by atoms with Crippen molar-refractivity contribution < 1.29 is 14.7 Å². The van der Waals surface area contributed by atoms with Gasteiger partial charge in [0, 0.05) is 32.9 Å². The molecular weight excluding hydrogens is 294 g/mol. The summed E-state index contributed by atoms with van der Waals surface area (Å²) in [5, 5.41) is 8.89. The van der Waals surface area contributed by atoms with E-state index >= 15 is 0 Å². The number of carboxylic acid groups (broad SMARTS) is 1. The second kappa shape index (κ2) is 6.75. The van der Waals surface area contributed by atoms with Crippen LogP contribution in [-0.2, 0) is 0 Å². The van der Waals surface area contributed by atoms with Crippen molar-refractivity contribution in [2.24, 2.45) is 5.92 Å². The van der Waals surface area contributed by atoms with Crippen LogP contribution in [0, 0.1) is 5.92 Å². The van der Waals surface area contributed by atoms with Gasteiger partial charge in [0.05, 0.1) is 0 Å². The van der Waals surface area contributed by atoms with E-state index in [2.05, 4.69) is 4.98 Å². The zero-order valence-electron chi connectivity index (χ0n) is 11.9. The van der Waals surface area contributed by atoms with Crippen molar-refractivity contribution in [2.75, 3.05) is 26.7 Å². The number of nitrogens with zero attached hydrogens (tertiary/aromatic N) is 2. The molecule has 116 valence electrons. The largest absolute Gasteiger partial charge is 0.465 e. The number of piperidine rings is 1. The molecule has 2 heterocycles. The van der Waals surface area contributed by atoms with Crippen LogP contribution in [0.15, 0.2) is 11.0 Å². The van der Waals surface area contributed by atoms with Gasteiger partial charge >= 0.3 is 11.0 Å². The highest BCUT2D eigenvalue weighted by atomic mass is 32.1. The maximum absolute atomic E-state index is 12.1. The summed E-state index contributed by atoms with van der Waals surface area (Å²) in [6.45, 7) is 1.75. The Labute approximate surface area is 126 Å². The summed E-state index contributed by atoms with van der Waals surface area (Å²) in [5.41, 5.74) is 0. The maximum Gasteiger partial charge on any atom is 0.407 e. The van der Waals surface area contributed by atoms with Gasteiger partial charge in [-0.1, -0.05) is 11.3 Å². The fraction of sp³-hybridized carbons (Fsp3) is 0.615. The number of carbonyl (C=O) groups excluding carboxylic acids is 1. The van der Waals surface area contributed by atoms with Crippen LogP contribution in [0.2, 0.25) is 0 Å². The molecule has 1 fully saturated rings. The van der Waals surface area contributed by atoms with Gasteiger partial charge < -0.3 is 19.9 Å². The quantitative estimate of drug-likeness (QED) is 0.876. The van der Waals surface area contributed by atoms with Gasteiger partial charge in [-0.15, -0.1) is 0 Å². The lowest BCUT2D eigenvalue weighted by Crippen LogP contribution is -2.38. The summed E-state index contributed by atoms with van der Waals surface area (Å²) in [6, 6.07) is 0. The molecule has 1 aliphatic heterocycles. The second-order valence-corrected chi connectivity index (χ2v) is 6.29. The number of nitrogens with one attached hydrogen (secondary N) is 1. The molecule has 0 bridgehead atoms. The van der Waals surface area contributed by atoms with Gasteiger partial charge in [0.1, 0.15) is 4.88 Å². The van der Waals surface area contributed by atoms with E-state index in [0.717, 1.165) is 30.6 Å². The third-order valence-corrected chi connectivity index (χ3v) is 4.65. The number of amides is 2. The molecule has 0 unspecified atom stereocenters. The molecule has 2 N–H and O–H groups in total. The van der Waals surface area contributed by atoms with Crippen molar-refractivity contribution in [3.8, 4) is 0 Å². The van der Waals surface area contributed by atoms with Crippen molar-refractivity contribution in [3.05, 3.63) is 20.7 Å². The summed E-state index contributed by atoms with van der Waals surface area (Å²) in [6.07, 6.45) is 3.12. The maximum atomic E-state index is 12.1. The molecule has 0 aromatic carbocycles.